The number of aromatic carboxylic acids is 2. The van der Waals surface area contributed by atoms with Crippen LogP contribution in [-0.4, -0.2) is 88.5 Å². The van der Waals surface area contributed by atoms with Crippen molar-refractivity contribution in [2.75, 3.05) is 62.2 Å². The number of nitrogens with one attached hydrogen (secondary N) is 1. The van der Waals surface area contributed by atoms with Crippen molar-refractivity contribution in [2.24, 2.45) is 0 Å². The summed E-state index contributed by atoms with van der Waals surface area (Å²) in [7, 11) is 0. The summed E-state index contributed by atoms with van der Waals surface area (Å²) in [5, 5.41) is 23.1. The van der Waals surface area contributed by atoms with Crippen molar-refractivity contribution >= 4 is 61.0 Å². The minimum atomic E-state index is -1.28. The number of carbonyl (C=O) groups is 2. The maximum absolute atomic E-state index is 15.1. The summed E-state index contributed by atoms with van der Waals surface area (Å²) < 4.78 is 33.3. The Kier molecular flexibility index (Phi) is 13.4. The maximum atomic E-state index is 15.1. The summed E-state index contributed by atoms with van der Waals surface area (Å²) in [5.41, 5.74) is 2.90. The van der Waals surface area contributed by atoms with E-state index in [1.54, 1.807) is 12.1 Å². The first-order chi connectivity index (χ1) is 30.5. The highest BCUT2D eigenvalue weighted by Crippen LogP contribution is 2.39. The Hall–Kier alpha value is -5.90. The number of carboxylic acid groups (broad SMARTS) is 2. The molecular weight excluding hydrogens is 874 g/mol. The molecule has 328 valence electrons. The zero-order valence-electron chi connectivity index (χ0n) is 34.7. The largest absolute Gasteiger partial charge is 0.477 e. The van der Waals surface area contributed by atoms with Crippen LogP contribution in [0.15, 0.2) is 107 Å². The lowest BCUT2D eigenvalue weighted by molar-refractivity contribution is 0.0684. The summed E-state index contributed by atoms with van der Waals surface area (Å²) in [4.78, 5) is 54.2. The molecule has 4 fully saturated rings. The van der Waals surface area contributed by atoms with Gasteiger partial charge in [-0.3, -0.25) is 14.5 Å². The Morgan fingerprint density at radius 2 is 1.05 bits per heavy atom. The molecule has 12 nitrogen and oxygen atoms in total. The Balaban J connectivity index is 0.000000150. The van der Waals surface area contributed by atoms with Crippen molar-refractivity contribution in [3.63, 3.8) is 0 Å². The molecule has 10 rings (SSSR count). The third-order valence-electron chi connectivity index (χ3n) is 12.0. The third kappa shape index (κ3) is 10.0. The Bertz CT molecular complexity index is 2750. The summed E-state index contributed by atoms with van der Waals surface area (Å²) in [6, 6.07) is 26.8. The highest BCUT2D eigenvalue weighted by atomic mass is 79.9. The molecule has 0 radical (unpaired) electrons. The average molecular weight is 924 g/mol. The van der Waals surface area contributed by atoms with E-state index in [4.69, 9.17) is 0 Å². The number of aromatic nitrogens is 2. The molecule has 4 aliphatic rings. The van der Waals surface area contributed by atoms with Crippen LogP contribution in [0.5, 0.6) is 0 Å². The average Bonchev–Trinajstić information content (AvgIpc) is 4.24. The number of alkyl halides is 1. The monoisotopic (exact) mass is 922 g/mol. The van der Waals surface area contributed by atoms with Gasteiger partial charge in [0.2, 0.25) is 10.9 Å². The SMILES string of the molecule is BrCc1ccccc1.O=C(O)c1cn(C2CC2)c2cc(N3CCN(Cc4ccccc4)CC3)c(F)cc2c1=O.O=C(O)c1cn(C2CC2)c2cc(N3CCNCC3)c(F)cc2c1=O. The van der Waals surface area contributed by atoms with Crippen molar-refractivity contribution in [1.82, 2.24) is 19.4 Å². The van der Waals surface area contributed by atoms with Gasteiger partial charge in [0.15, 0.2) is 0 Å². The zero-order chi connectivity index (χ0) is 44.2. The summed E-state index contributed by atoms with van der Waals surface area (Å²) >= 11 is 3.36. The van der Waals surface area contributed by atoms with E-state index in [2.05, 4.69) is 50.4 Å². The number of nitrogens with zero attached hydrogens (tertiary/aromatic N) is 5. The lowest BCUT2D eigenvalue weighted by Gasteiger charge is -2.36. The number of rotatable bonds is 9. The van der Waals surface area contributed by atoms with E-state index < -0.39 is 34.4 Å². The fraction of sp³-hybridized carbons (Fsp3) is 0.333. The number of hydrogen-bond donors (Lipinski definition) is 3. The van der Waals surface area contributed by atoms with Gasteiger partial charge in [-0.05, 0) is 61.1 Å². The molecule has 4 heterocycles. The number of piperazine rings is 2. The molecule has 2 aliphatic heterocycles. The first-order valence-corrected chi connectivity index (χ1v) is 22.4. The predicted molar refractivity (Wildman–Crippen MR) is 245 cm³/mol. The number of carboxylic acids is 2. The Labute approximate surface area is 371 Å². The standard InChI is InChI=1S/C24H24FN3O3.C17H18FN3O3.C7H7Br/c25-20-12-18-21(28(17-6-7-17)15-19(23(18)29)24(30)31)13-22(20)27-10-8-26(9-11-27)14-16-4-2-1-3-5-16;18-13-7-11-14(8-15(13)20-5-3-19-4-6-20)21(10-1-2-10)9-12(16(11)22)17(23)24;8-6-7-4-2-1-3-5-7/h1-5,12-13,15,17H,6-11,14H2,(H,30,31);7-10,19H,1-6H2,(H,23,24);1-5H,6H2. The van der Waals surface area contributed by atoms with E-state index >= 15 is 4.39 Å². The molecule has 4 aromatic carbocycles. The van der Waals surface area contributed by atoms with Gasteiger partial charge in [-0.2, -0.15) is 0 Å². The van der Waals surface area contributed by atoms with Gasteiger partial charge in [-0.1, -0.05) is 76.6 Å². The lowest BCUT2D eigenvalue weighted by atomic mass is 10.1. The third-order valence-corrected chi connectivity index (χ3v) is 12.6. The second-order valence-electron chi connectivity index (χ2n) is 16.4. The number of anilines is 2. The molecule has 0 atom stereocenters. The molecule has 15 heteroatoms. The van der Waals surface area contributed by atoms with Crippen LogP contribution in [0.1, 0.15) is 69.6 Å². The van der Waals surface area contributed by atoms with Gasteiger partial charge in [0.1, 0.15) is 22.8 Å². The van der Waals surface area contributed by atoms with Crippen LogP contribution >= 0.6 is 15.9 Å². The summed E-state index contributed by atoms with van der Waals surface area (Å²) in [6.07, 6.45) is 6.58. The van der Waals surface area contributed by atoms with E-state index in [0.29, 0.717) is 48.6 Å². The van der Waals surface area contributed by atoms with Crippen LogP contribution in [-0.2, 0) is 11.9 Å². The van der Waals surface area contributed by atoms with Gasteiger partial charge >= 0.3 is 11.9 Å². The number of benzene rings is 4. The van der Waals surface area contributed by atoms with E-state index in [0.717, 1.165) is 63.7 Å². The quantitative estimate of drug-likeness (QED) is 0.124. The van der Waals surface area contributed by atoms with Crippen molar-refractivity contribution in [3.8, 4) is 0 Å². The second kappa shape index (κ2) is 19.2. The molecule has 2 aromatic heterocycles. The first-order valence-electron chi connectivity index (χ1n) is 21.3. The van der Waals surface area contributed by atoms with Crippen LogP contribution < -0.4 is 26.0 Å². The number of pyridine rings is 2. The lowest BCUT2D eigenvalue weighted by Crippen LogP contribution is -2.46. The molecule has 0 amide bonds. The van der Waals surface area contributed by atoms with Crippen molar-refractivity contribution < 1.29 is 28.6 Å². The Morgan fingerprint density at radius 3 is 1.44 bits per heavy atom. The van der Waals surface area contributed by atoms with Crippen LogP contribution in [0.4, 0.5) is 20.2 Å². The van der Waals surface area contributed by atoms with E-state index in [1.165, 1.54) is 35.7 Å². The summed E-state index contributed by atoms with van der Waals surface area (Å²) in [6.45, 7) is 6.85. The molecule has 2 saturated carbocycles. The number of hydrogen-bond acceptors (Lipinski definition) is 8. The van der Waals surface area contributed by atoms with Gasteiger partial charge in [-0.25, -0.2) is 18.4 Å². The number of halogens is 3. The van der Waals surface area contributed by atoms with Crippen LogP contribution in [0, 0.1) is 11.6 Å². The van der Waals surface area contributed by atoms with Crippen molar-refractivity contribution in [1.29, 1.82) is 0 Å². The first kappa shape index (κ1) is 43.7. The van der Waals surface area contributed by atoms with Gasteiger partial charge in [-0.15, -0.1) is 0 Å². The fourth-order valence-corrected chi connectivity index (χ4v) is 8.65. The van der Waals surface area contributed by atoms with Gasteiger partial charge in [0, 0.05) is 99.5 Å². The molecule has 0 spiro atoms. The highest BCUT2D eigenvalue weighted by Gasteiger charge is 2.30. The molecule has 3 N–H and O–H groups in total. The maximum Gasteiger partial charge on any atom is 0.341 e. The summed E-state index contributed by atoms with van der Waals surface area (Å²) in [5.74, 6) is -3.51. The fourth-order valence-electron chi connectivity index (χ4n) is 8.28. The second-order valence-corrected chi connectivity index (χ2v) is 16.9. The van der Waals surface area contributed by atoms with Gasteiger partial charge in [0.25, 0.3) is 0 Å². The van der Waals surface area contributed by atoms with Crippen molar-refractivity contribution in [3.05, 3.63) is 152 Å². The molecule has 6 aromatic rings. The normalized spacial score (nSPS) is 16.6. The van der Waals surface area contributed by atoms with Crippen LogP contribution in [0.25, 0.3) is 21.8 Å². The molecule has 2 saturated heterocycles. The van der Waals surface area contributed by atoms with E-state index in [-0.39, 0.29) is 34.0 Å². The molecule has 0 bridgehead atoms. The van der Waals surface area contributed by atoms with Crippen LogP contribution in [0.2, 0.25) is 0 Å². The molecule has 63 heavy (non-hydrogen) atoms. The molecule has 2 aliphatic carbocycles. The number of fused-ring (bicyclic) bond motifs is 2. The molecule has 0 unspecified atom stereocenters. The van der Waals surface area contributed by atoms with Gasteiger partial charge < -0.3 is 34.5 Å². The van der Waals surface area contributed by atoms with Crippen molar-refractivity contribution in [2.45, 2.75) is 49.6 Å². The smallest absolute Gasteiger partial charge is 0.341 e. The minimum absolute atomic E-state index is 0.135. The highest BCUT2D eigenvalue weighted by molar-refractivity contribution is 9.08. The van der Waals surface area contributed by atoms with Crippen LogP contribution in [0.3, 0.4) is 0 Å². The minimum Gasteiger partial charge on any atom is -0.477 e. The van der Waals surface area contributed by atoms with E-state index in [9.17, 15) is 33.8 Å². The zero-order valence-corrected chi connectivity index (χ0v) is 36.3. The van der Waals surface area contributed by atoms with Gasteiger partial charge in [0.05, 0.1) is 22.4 Å². The predicted octanol–water partition coefficient (Wildman–Crippen LogP) is 7.66. The molecular formula is C48H49BrF2N6O6. The topological polar surface area (TPSA) is 140 Å². The Morgan fingerprint density at radius 1 is 0.619 bits per heavy atom. The van der Waals surface area contributed by atoms with E-state index in [1.807, 2.05) is 55.3 Å².